The normalized spacial score (nSPS) is 9.21. The molecule has 3 nitrogen and oxygen atoms in total. The number of hydrogen-bond donors (Lipinski definition) is 0. The summed E-state index contributed by atoms with van der Waals surface area (Å²) in [6.07, 6.45) is 0. The van der Waals surface area contributed by atoms with Crippen LogP contribution in [0.2, 0.25) is 0 Å². The minimum Gasteiger partial charge on any atom is -0.461 e. The first kappa shape index (κ1) is 10.7. The van der Waals surface area contributed by atoms with Crippen LogP contribution in [-0.4, -0.2) is 5.97 Å². The van der Waals surface area contributed by atoms with Crippen molar-refractivity contribution in [2.45, 2.75) is 13.5 Å². The number of benzene rings is 1. The molecule has 0 aliphatic heterocycles. The van der Waals surface area contributed by atoms with E-state index in [-0.39, 0.29) is 12.6 Å². The molecule has 0 spiro atoms. The van der Waals surface area contributed by atoms with Gasteiger partial charge in [-0.15, -0.1) is 0 Å². The van der Waals surface area contributed by atoms with Gasteiger partial charge in [0.05, 0.1) is 11.6 Å². The first-order chi connectivity index (χ1) is 6.63. The molecule has 14 heavy (non-hydrogen) atoms. The molecule has 0 aliphatic rings. The largest absolute Gasteiger partial charge is 0.461 e. The van der Waals surface area contributed by atoms with Gasteiger partial charge in [0, 0.05) is 17.0 Å². The summed E-state index contributed by atoms with van der Waals surface area (Å²) in [5.41, 5.74) is 1.23. The Bertz CT molecular complexity index is 396. The molecule has 1 rings (SSSR count). The average molecular weight is 254 g/mol. The topological polar surface area (TPSA) is 50.1 Å². The van der Waals surface area contributed by atoms with Crippen LogP contribution < -0.4 is 0 Å². The molecule has 0 bridgehead atoms. The van der Waals surface area contributed by atoms with Gasteiger partial charge in [-0.3, -0.25) is 4.79 Å². The third kappa shape index (κ3) is 2.86. The van der Waals surface area contributed by atoms with Crippen LogP contribution in [-0.2, 0) is 16.1 Å². The molecule has 4 heteroatoms. The molecular weight excluding hydrogens is 246 g/mol. The highest BCUT2D eigenvalue weighted by molar-refractivity contribution is 9.10. The van der Waals surface area contributed by atoms with Crippen molar-refractivity contribution in [3.63, 3.8) is 0 Å². The van der Waals surface area contributed by atoms with Gasteiger partial charge in [0.1, 0.15) is 6.61 Å². The number of nitrogens with zero attached hydrogens (tertiary/aromatic N) is 1. The minimum atomic E-state index is -0.350. The third-order valence-electron chi connectivity index (χ3n) is 1.62. The zero-order valence-electron chi connectivity index (χ0n) is 7.58. The van der Waals surface area contributed by atoms with Crippen molar-refractivity contribution >= 4 is 21.9 Å². The van der Waals surface area contributed by atoms with Gasteiger partial charge in [0.2, 0.25) is 0 Å². The standard InChI is InChI=1S/C10H8BrNO2/c1-7(13)14-6-8-2-3-10(11)4-9(8)5-12/h2-4H,6H2,1H3. The van der Waals surface area contributed by atoms with Crippen LogP contribution in [0.25, 0.3) is 0 Å². The van der Waals surface area contributed by atoms with E-state index in [1.807, 2.05) is 6.07 Å². The fraction of sp³-hybridized carbons (Fsp3) is 0.200. The van der Waals surface area contributed by atoms with Crippen molar-refractivity contribution in [3.8, 4) is 6.07 Å². The number of rotatable bonds is 2. The molecule has 0 saturated heterocycles. The average Bonchev–Trinajstić information content (AvgIpc) is 2.15. The quantitative estimate of drug-likeness (QED) is 0.761. The maximum atomic E-state index is 10.6. The molecule has 0 fully saturated rings. The van der Waals surface area contributed by atoms with Gasteiger partial charge in [-0.2, -0.15) is 5.26 Å². The van der Waals surface area contributed by atoms with Crippen molar-refractivity contribution in [3.05, 3.63) is 33.8 Å². The first-order valence-corrected chi connectivity index (χ1v) is 4.74. The summed E-state index contributed by atoms with van der Waals surface area (Å²) < 4.78 is 5.64. The van der Waals surface area contributed by atoms with Crippen molar-refractivity contribution in [2.75, 3.05) is 0 Å². The van der Waals surface area contributed by atoms with Crippen LogP contribution >= 0.6 is 15.9 Å². The SMILES string of the molecule is CC(=O)OCc1ccc(Br)cc1C#N. The molecule has 0 heterocycles. The number of ether oxygens (including phenoxy) is 1. The van der Waals surface area contributed by atoms with E-state index in [4.69, 9.17) is 10.00 Å². The number of nitriles is 1. The fourth-order valence-corrected chi connectivity index (χ4v) is 1.32. The molecule has 72 valence electrons. The summed E-state index contributed by atoms with van der Waals surface area (Å²) in [5, 5.41) is 8.80. The second-order valence-corrected chi connectivity index (χ2v) is 3.61. The summed E-state index contributed by atoms with van der Waals surface area (Å²) in [4.78, 5) is 10.6. The van der Waals surface area contributed by atoms with Crippen molar-refractivity contribution in [2.24, 2.45) is 0 Å². The van der Waals surface area contributed by atoms with Gasteiger partial charge in [-0.05, 0) is 12.1 Å². The monoisotopic (exact) mass is 253 g/mol. The zero-order valence-corrected chi connectivity index (χ0v) is 9.17. The van der Waals surface area contributed by atoms with Gasteiger partial charge in [0.15, 0.2) is 0 Å². The zero-order chi connectivity index (χ0) is 10.6. The Morgan fingerprint density at radius 2 is 2.36 bits per heavy atom. The lowest BCUT2D eigenvalue weighted by molar-refractivity contribution is -0.142. The molecule has 0 atom stereocenters. The Hall–Kier alpha value is -1.34. The molecule has 0 radical (unpaired) electrons. The Labute approximate surface area is 90.4 Å². The Kier molecular flexibility index (Phi) is 3.66. The highest BCUT2D eigenvalue weighted by Gasteiger charge is 2.03. The Morgan fingerprint density at radius 3 is 2.93 bits per heavy atom. The Balaban J connectivity index is 2.87. The summed E-state index contributed by atoms with van der Waals surface area (Å²) in [5.74, 6) is -0.350. The smallest absolute Gasteiger partial charge is 0.302 e. The van der Waals surface area contributed by atoms with E-state index in [0.717, 1.165) is 4.47 Å². The van der Waals surface area contributed by atoms with Crippen LogP contribution in [0, 0.1) is 11.3 Å². The van der Waals surface area contributed by atoms with E-state index in [2.05, 4.69) is 15.9 Å². The molecule has 0 aliphatic carbocycles. The predicted molar refractivity (Wildman–Crippen MR) is 54.3 cm³/mol. The highest BCUT2D eigenvalue weighted by Crippen LogP contribution is 2.16. The molecule has 0 unspecified atom stereocenters. The molecule has 0 N–H and O–H groups in total. The van der Waals surface area contributed by atoms with E-state index in [1.54, 1.807) is 18.2 Å². The number of carbonyl (C=O) groups is 1. The van der Waals surface area contributed by atoms with Crippen LogP contribution in [0.15, 0.2) is 22.7 Å². The van der Waals surface area contributed by atoms with E-state index in [0.29, 0.717) is 11.1 Å². The minimum absolute atomic E-state index is 0.144. The van der Waals surface area contributed by atoms with E-state index < -0.39 is 0 Å². The molecule has 1 aromatic carbocycles. The molecule has 0 amide bonds. The van der Waals surface area contributed by atoms with E-state index >= 15 is 0 Å². The second kappa shape index (κ2) is 4.77. The van der Waals surface area contributed by atoms with Crippen LogP contribution in [0.4, 0.5) is 0 Å². The molecule has 0 aromatic heterocycles. The number of hydrogen-bond acceptors (Lipinski definition) is 3. The third-order valence-corrected chi connectivity index (χ3v) is 2.12. The van der Waals surface area contributed by atoms with E-state index in [1.165, 1.54) is 6.92 Å². The fourth-order valence-electron chi connectivity index (χ4n) is 0.958. The summed E-state index contributed by atoms with van der Waals surface area (Å²) >= 11 is 3.26. The van der Waals surface area contributed by atoms with Crippen molar-refractivity contribution < 1.29 is 9.53 Å². The van der Waals surface area contributed by atoms with Crippen LogP contribution in [0.3, 0.4) is 0 Å². The van der Waals surface area contributed by atoms with Gasteiger partial charge < -0.3 is 4.74 Å². The summed E-state index contributed by atoms with van der Waals surface area (Å²) in [6, 6.07) is 7.29. The van der Waals surface area contributed by atoms with E-state index in [9.17, 15) is 4.79 Å². The lowest BCUT2D eigenvalue weighted by Crippen LogP contribution is -2.00. The highest BCUT2D eigenvalue weighted by atomic mass is 79.9. The maximum absolute atomic E-state index is 10.6. The lowest BCUT2D eigenvalue weighted by Gasteiger charge is -2.04. The van der Waals surface area contributed by atoms with Gasteiger partial charge in [0.25, 0.3) is 0 Å². The van der Waals surface area contributed by atoms with Crippen LogP contribution in [0.1, 0.15) is 18.1 Å². The van der Waals surface area contributed by atoms with Crippen LogP contribution in [0.5, 0.6) is 0 Å². The van der Waals surface area contributed by atoms with Crippen molar-refractivity contribution in [1.82, 2.24) is 0 Å². The number of halogens is 1. The molecular formula is C10H8BrNO2. The lowest BCUT2D eigenvalue weighted by atomic mass is 10.1. The molecule has 1 aromatic rings. The van der Waals surface area contributed by atoms with Gasteiger partial charge in [-0.1, -0.05) is 22.0 Å². The maximum Gasteiger partial charge on any atom is 0.302 e. The Morgan fingerprint density at radius 1 is 1.64 bits per heavy atom. The number of carbonyl (C=O) groups excluding carboxylic acids is 1. The predicted octanol–water partition coefficient (Wildman–Crippen LogP) is 2.38. The van der Waals surface area contributed by atoms with Gasteiger partial charge in [-0.25, -0.2) is 0 Å². The summed E-state index contributed by atoms with van der Waals surface area (Å²) in [7, 11) is 0. The first-order valence-electron chi connectivity index (χ1n) is 3.95. The summed E-state index contributed by atoms with van der Waals surface area (Å²) in [6.45, 7) is 1.48. The second-order valence-electron chi connectivity index (χ2n) is 2.69. The van der Waals surface area contributed by atoms with Gasteiger partial charge >= 0.3 is 5.97 Å². The molecule has 0 saturated carbocycles. The number of esters is 1. The van der Waals surface area contributed by atoms with Crippen molar-refractivity contribution in [1.29, 1.82) is 5.26 Å².